The van der Waals surface area contributed by atoms with Crippen molar-refractivity contribution in [2.45, 2.75) is 69.5 Å². The second-order valence-corrected chi connectivity index (χ2v) is 16.1. The molecule has 44 heavy (non-hydrogen) atoms. The Morgan fingerprint density at radius 3 is 2.41 bits per heavy atom. The number of hydrogen-bond donors (Lipinski definition) is 3. The van der Waals surface area contributed by atoms with Crippen molar-refractivity contribution in [2.75, 3.05) is 17.7 Å². The van der Waals surface area contributed by atoms with Gasteiger partial charge in [-0.1, -0.05) is 54.6 Å². The predicted molar refractivity (Wildman–Crippen MR) is 174 cm³/mol. The van der Waals surface area contributed by atoms with Crippen molar-refractivity contribution in [1.82, 2.24) is 15.0 Å². The van der Waals surface area contributed by atoms with Crippen LogP contribution in [0.25, 0.3) is 0 Å². The van der Waals surface area contributed by atoms with Crippen LogP contribution >= 0.6 is 0 Å². The summed E-state index contributed by atoms with van der Waals surface area (Å²) in [7, 11) is -3.01. The molecular formula is C34H42FN5O3Si. The number of aliphatic hydroxyl groups is 1. The van der Waals surface area contributed by atoms with Gasteiger partial charge in [0.25, 0.3) is 5.91 Å². The third kappa shape index (κ3) is 7.61. The van der Waals surface area contributed by atoms with Crippen molar-refractivity contribution in [3.05, 3.63) is 107 Å². The Morgan fingerprint density at radius 1 is 1.05 bits per heavy atom. The Labute approximate surface area is 259 Å². The number of carbonyl (C=O) groups excluding carboxylic acids is 1. The summed E-state index contributed by atoms with van der Waals surface area (Å²) in [5.41, 5.74) is 10.3. The zero-order valence-corrected chi connectivity index (χ0v) is 26.6. The highest BCUT2D eigenvalue weighted by atomic mass is 28.4. The number of nitrogens with one attached hydrogen (secondary N) is 1. The predicted octanol–water partition coefficient (Wildman–Crippen LogP) is 6.21. The van der Waals surface area contributed by atoms with Gasteiger partial charge < -0.3 is 25.0 Å². The molecule has 0 radical (unpaired) electrons. The smallest absolute Gasteiger partial charge is 0.255 e. The van der Waals surface area contributed by atoms with E-state index in [0.29, 0.717) is 29.9 Å². The zero-order valence-electron chi connectivity index (χ0n) is 25.6. The second-order valence-electron chi connectivity index (χ2n) is 12.3. The van der Waals surface area contributed by atoms with E-state index in [4.69, 9.17) is 10.5 Å². The highest BCUT2D eigenvalue weighted by molar-refractivity contribution is 6.72. The molecular weight excluding hydrogens is 573 g/mol. The van der Waals surface area contributed by atoms with E-state index in [1.165, 1.54) is 0 Å². The number of benzene rings is 3. The van der Waals surface area contributed by atoms with E-state index in [9.17, 15) is 9.90 Å². The Balaban J connectivity index is 1.17. The fourth-order valence-corrected chi connectivity index (χ4v) is 9.04. The van der Waals surface area contributed by atoms with Gasteiger partial charge in [-0.05, 0) is 85.8 Å². The molecule has 2 heterocycles. The first-order valence-corrected chi connectivity index (χ1v) is 18.2. The van der Waals surface area contributed by atoms with Gasteiger partial charge in [0.05, 0.1) is 30.4 Å². The summed E-state index contributed by atoms with van der Waals surface area (Å²) in [6.07, 6.45) is 3.87. The molecule has 0 bridgehead atoms. The van der Waals surface area contributed by atoms with Crippen LogP contribution in [0.15, 0.2) is 85.1 Å². The van der Waals surface area contributed by atoms with Crippen LogP contribution in [0, 0.1) is 5.92 Å². The van der Waals surface area contributed by atoms with Gasteiger partial charge in [0.1, 0.15) is 0 Å². The number of rotatable bonds is 12. The van der Waals surface area contributed by atoms with Crippen LogP contribution in [0.4, 0.5) is 15.5 Å². The number of anilines is 2. The first-order valence-electron chi connectivity index (χ1n) is 15.3. The van der Waals surface area contributed by atoms with Gasteiger partial charge in [-0.2, -0.15) is 0 Å². The Kier molecular flexibility index (Phi) is 9.92. The van der Waals surface area contributed by atoms with E-state index in [1.54, 1.807) is 42.0 Å². The number of nitrogen functional groups attached to an aromatic ring is 1. The first-order chi connectivity index (χ1) is 21.1. The van der Waals surface area contributed by atoms with Crippen molar-refractivity contribution in [2.24, 2.45) is 5.92 Å². The van der Waals surface area contributed by atoms with Crippen molar-refractivity contribution >= 4 is 25.7 Å². The summed E-state index contributed by atoms with van der Waals surface area (Å²) in [4.78, 5) is 12.5. The number of amides is 1. The lowest BCUT2D eigenvalue weighted by molar-refractivity contribution is 0.0247. The lowest BCUT2D eigenvalue weighted by Crippen LogP contribution is -2.36. The number of aromatic nitrogens is 3. The molecule has 1 aromatic heterocycles. The first kappa shape index (κ1) is 31.6. The molecule has 0 saturated carbocycles. The zero-order chi connectivity index (χ0) is 31.3. The van der Waals surface area contributed by atoms with Crippen LogP contribution in [0.2, 0.25) is 18.6 Å². The molecule has 1 amide bonds. The summed E-state index contributed by atoms with van der Waals surface area (Å²) < 4.78 is 24.0. The van der Waals surface area contributed by atoms with Gasteiger partial charge in [0.2, 0.25) is 8.41 Å². The monoisotopic (exact) mass is 615 g/mol. The second kappa shape index (κ2) is 13.8. The minimum atomic E-state index is -3.01. The van der Waals surface area contributed by atoms with Gasteiger partial charge in [-0.15, -0.1) is 5.10 Å². The molecule has 5 atom stereocenters. The molecule has 232 valence electrons. The standard InChI is InChI=1S/C34H42FN5O3Si/c1-23-31(18-11-24-9-16-28(17-10-24)37-34(42)26-12-14-27(36)15-13-26)43-32(33(23)44(2,3)35)19-20-40-21-30(38-39-40)29(22-41)25-7-5-4-6-8-25/h4-10,12-17,21,23,29,31-33,41H,11,18-20,22,36H2,1-3H3,(H,37,42)/t23-,29?,31+,32-,33+/m1/s1. The van der Waals surface area contributed by atoms with E-state index in [1.807, 2.05) is 60.8 Å². The summed E-state index contributed by atoms with van der Waals surface area (Å²) in [6.45, 7) is 6.19. The van der Waals surface area contributed by atoms with Crippen LogP contribution in [0.3, 0.4) is 0 Å². The van der Waals surface area contributed by atoms with E-state index >= 15 is 4.11 Å². The molecule has 10 heteroatoms. The average Bonchev–Trinajstić information content (AvgIpc) is 3.60. The molecule has 8 nitrogen and oxygen atoms in total. The molecule has 1 aliphatic rings. The molecule has 5 rings (SSSR count). The number of carbonyl (C=O) groups is 1. The normalized spacial score (nSPS) is 20.8. The van der Waals surface area contributed by atoms with Gasteiger partial charge in [0, 0.05) is 35.2 Å². The van der Waals surface area contributed by atoms with Crippen LogP contribution in [-0.4, -0.2) is 53.2 Å². The van der Waals surface area contributed by atoms with Gasteiger partial charge in [0.15, 0.2) is 0 Å². The third-order valence-corrected chi connectivity index (χ3v) is 11.2. The molecule has 1 unspecified atom stereocenters. The number of aliphatic hydroxyl groups excluding tert-OH is 1. The van der Waals surface area contributed by atoms with Crippen molar-refractivity contribution < 1.29 is 18.7 Å². The van der Waals surface area contributed by atoms with Crippen molar-refractivity contribution in [3.8, 4) is 0 Å². The van der Waals surface area contributed by atoms with E-state index in [0.717, 1.165) is 29.7 Å². The summed E-state index contributed by atoms with van der Waals surface area (Å²) in [5.74, 6) is -0.322. The van der Waals surface area contributed by atoms with E-state index in [-0.39, 0.29) is 42.1 Å². The van der Waals surface area contributed by atoms with Crippen molar-refractivity contribution in [3.63, 3.8) is 0 Å². The number of halogens is 1. The molecule has 0 aliphatic carbocycles. The fourth-order valence-electron chi connectivity index (χ4n) is 6.45. The van der Waals surface area contributed by atoms with E-state index in [2.05, 4.69) is 22.6 Å². The molecule has 0 spiro atoms. The number of aryl methyl sites for hydroxylation is 2. The molecule has 1 aliphatic heterocycles. The van der Waals surface area contributed by atoms with Gasteiger partial charge >= 0.3 is 0 Å². The maximum atomic E-state index is 15.6. The lowest BCUT2D eigenvalue weighted by atomic mass is 9.95. The Bertz CT molecular complexity index is 1510. The fraction of sp³-hybridized carbons (Fsp3) is 0.382. The summed E-state index contributed by atoms with van der Waals surface area (Å²) in [6, 6.07) is 24.4. The topological polar surface area (TPSA) is 115 Å². The minimum absolute atomic E-state index is 0.0411. The maximum Gasteiger partial charge on any atom is 0.255 e. The van der Waals surface area contributed by atoms with Crippen LogP contribution < -0.4 is 11.1 Å². The maximum absolute atomic E-state index is 15.6. The molecule has 1 fully saturated rings. The van der Waals surface area contributed by atoms with Crippen LogP contribution in [0.1, 0.15) is 52.9 Å². The Hall–Kier alpha value is -3.86. The molecule has 4 N–H and O–H groups in total. The molecule has 4 aromatic rings. The SMILES string of the molecule is C[C@H]1[C@H]([Si](C)(C)F)[C@@H](CCn2cc(C(CO)c3ccccc3)nn2)O[C@H]1CCc1ccc(NC(=O)c2ccc(N)cc2)cc1. The Morgan fingerprint density at radius 2 is 1.75 bits per heavy atom. The van der Waals surface area contributed by atoms with Crippen LogP contribution in [-0.2, 0) is 17.7 Å². The number of nitrogens with zero attached hydrogens (tertiary/aromatic N) is 3. The number of nitrogens with two attached hydrogens (primary N) is 1. The average molecular weight is 616 g/mol. The quantitative estimate of drug-likeness (QED) is 0.0992. The number of hydrogen-bond acceptors (Lipinski definition) is 6. The summed E-state index contributed by atoms with van der Waals surface area (Å²) >= 11 is 0. The van der Waals surface area contributed by atoms with E-state index < -0.39 is 8.41 Å². The van der Waals surface area contributed by atoms with Crippen LogP contribution in [0.5, 0.6) is 0 Å². The third-order valence-electron chi connectivity index (χ3n) is 8.74. The highest BCUT2D eigenvalue weighted by Gasteiger charge is 2.50. The molecule has 1 saturated heterocycles. The minimum Gasteiger partial charge on any atom is -0.399 e. The highest BCUT2D eigenvalue weighted by Crippen LogP contribution is 2.47. The number of ether oxygens (including phenoxy) is 1. The lowest BCUT2D eigenvalue weighted by Gasteiger charge is -2.28. The summed E-state index contributed by atoms with van der Waals surface area (Å²) in [5, 5.41) is 21.6. The molecule has 3 aromatic carbocycles. The largest absolute Gasteiger partial charge is 0.399 e. The van der Waals surface area contributed by atoms with Crippen molar-refractivity contribution in [1.29, 1.82) is 0 Å². The van der Waals surface area contributed by atoms with Gasteiger partial charge in [-0.3, -0.25) is 9.48 Å². The van der Waals surface area contributed by atoms with Gasteiger partial charge in [-0.25, -0.2) is 0 Å².